The second kappa shape index (κ2) is 5.93. The van der Waals surface area contributed by atoms with Crippen molar-refractivity contribution in [1.29, 1.82) is 0 Å². The molecule has 0 unspecified atom stereocenters. The summed E-state index contributed by atoms with van der Waals surface area (Å²) in [6.07, 6.45) is -3.39. The highest BCUT2D eigenvalue weighted by Crippen LogP contribution is 2.35. The Kier molecular flexibility index (Phi) is 4.41. The van der Waals surface area contributed by atoms with Crippen molar-refractivity contribution in [2.45, 2.75) is 25.1 Å². The number of rotatable bonds is 3. The van der Waals surface area contributed by atoms with E-state index in [-0.39, 0.29) is 11.9 Å². The third-order valence-electron chi connectivity index (χ3n) is 3.50. The molecule has 1 aliphatic heterocycles. The lowest BCUT2D eigenvalue weighted by Gasteiger charge is -2.29. The number of halogens is 3. The van der Waals surface area contributed by atoms with Gasteiger partial charge in [-0.25, -0.2) is 4.79 Å². The van der Waals surface area contributed by atoms with Gasteiger partial charge in [-0.2, -0.15) is 13.2 Å². The molecule has 1 aromatic rings. The van der Waals surface area contributed by atoms with E-state index in [1.54, 1.807) is 0 Å². The highest BCUT2D eigenvalue weighted by atomic mass is 19.4. The van der Waals surface area contributed by atoms with Crippen molar-refractivity contribution < 1.29 is 27.8 Å². The highest BCUT2D eigenvalue weighted by molar-refractivity contribution is 5.89. The molecule has 1 heterocycles. The van der Waals surface area contributed by atoms with Crippen LogP contribution in [0.1, 0.15) is 28.8 Å². The van der Waals surface area contributed by atoms with E-state index in [0.717, 1.165) is 38.1 Å². The first-order valence-electron chi connectivity index (χ1n) is 6.57. The van der Waals surface area contributed by atoms with Crippen molar-refractivity contribution in [1.82, 2.24) is 4.90 Å². The first kappa shape index (κ1) is 15.6. The Morgan fingerprint density at radius 1 is 1.33 bits per heavy atom. The second-order valence-electron chi connectivity index (χ2n) is 5.13. The van der Waals surface area contributed by atoms with Crippen LogP contribution in [0.4, 0.5) is 13.2 Å². The summed E-state index contributed by atoms with van der Waals surface area (Å²) in [7, 11) is 1.97. The van der Waals surface area contributed by atoms with Gasteiger partial charge in [0.25, 0.3) is 0 Å². The van der Waals surface area contributed by atoms with Gasteiger partial charge in [-0.05, 0) is 38.1 Å². The number of ether oxygens (including phenoxy) is 1. The van der Waals surface area contributed by atoms with E-state index in [4.69, 9.17) is 9.84 Å². The van der Waals surface area contributed by atoms with Crippen LogP contribution < -0.4 is 4.74 Å². The minimum atomic E-state index is -4.72. The predicted octanol–water partition coefficient (Wildman–Crippen LogP) is 2.88. The molecule has 0 aliphatic carbocycles. The summed E-state index contributed by atoms with van der Waals surface area (Å²) in [5.74, 6) is -1.55. The molecule has 21 heavy (non-hydrogen) atoms. The number of carboxylic acid groups (broad SMARTS) is 1. The van der Waals surface area contributed by atoms with Crippen LogP contribution in [0.25, 0.3) is 0 Å². The molecule has 2 rings (SSSR count). The highest BCUT2D eigenvalue weighted by Gasteiger charge is 2.36. The maximum atomic E-state index is 12.9. The molecule has 1 fully saturated rings. The van der Waals surface area contributed by atoms with Crippen molar-refractivity contribution in [2.24, 2.45) is 0 Å². The zero-order chi connectivity index (χ0) is 15.6. The molecule has 7 heteroatoms. The van der Waals surface area contributed by atoms with E-state index >= 15 is 0 Å². The number of benzene rings is 1. The molecular formula is C14H16F3NO3. The van der Waals surface area contributed by atoms with Gasteiger partial charge < -0.3 is 14.7 Å². The van der Waals surface area contributed by atoms with Gasteiger partial charge in [0.2, 0.25) is 0 Å². The van der Waals surface area contributed by atoms with Crippen molar-refractivity contribution in [3.05, 3.63) is 29.3 Å². The number of carbonyl (C=O) groups is 1. The van der Waals surface area contributed by atoms with E-state index in [1.165, 1.54) is 6.07 Å². The number of alkyl halides is 3. The van der Waals surface area contributed by atoms with Gasteiger partial charge in [-0.3, -0.25) is 0 Å². The summed E-state index contributed by atoms with van der Waals surface area (Å²) in [6.45, 7) is 1.65. The molecule has 0 radical (unpaired) electrons. The second-order valence-corrected chi connectivity index (χ2v) is 5.13. The Morgan fingerprint density at radius 3 is 2.48 bits per heavy atom. The van der Waals surface area contributed by atoms with Crippen LogP contribution in [0.15, 0.2) is 18.2 Å². The van der Waals surface area contributed by atoms with Gasteiger partial charge in [0, 0.05) is 13.1 Å². The largest absolute Gasteiger partial charge is 0.490 e. The smallest absolute Gasteiger partial charge is 0.417 e. The van der Waals surface area contributed by atoms with Crippen LogP contribution in [0, 0.1) is 0 Å². The van der Waals surface area contributed by atoms with Gasteiger partial charge in [0.1, 0.15) is 11.9 Å². The molecular weight excluding hydrogens is 287 g/mol. The van der Waals surface area contributed by atoms with Crippen molar-refractivity contribution in [3.8, 4) is 5.75 Å². The fourth-order valence-electron chi connectivity index (χ4n) is 2.31. The Bertz CT molecular complexity index is 523. The average Bonchev–Trinajstić information content (AvgIpc) is 2.40. The number of aromatic carboxylic acids is 1. The van der Waals surface area contributed by atoms with Crippen molar-refractivity contribution in [2.75, 3.05) is 20.1 Å². The normalized spacial score (nSPS) is 17.7. The van der Waals surface area contributed by atoms with Crippen LogP contribution in [0.2, 0.25) is 0 Å². The fraction of sp³-hybridized carbons (Fsp3) is 0.500. The summed E-state index contributed by atoms with van der Waals surface area (Å²) < 4.78 is 44.2. The molecule has 0 saturated carbocycles. The number of nitrogens with zero attached hydrogens (tertiary/aromatic N) is 1. The fourth-order valence-corrected chi connectivity index (χ4v) is 2.31. The Morgan fingerprint density at radius 2 is 1.95 bits per heavy atom. The van der Waals surface area contributed by atoms with Crippen molar-refractivity contribution in [3.63, 3.8) is 0 Å². The van der Waals surface area contributed by atoms with Crippen LogP contribution in [0.5, 0.6) is 5.75 Å². The summed E-state index contributed by atoms with van der Waals surface area (Å²) in [6, 6.07) is 2.98. The molecule has 1 saturated heterocycles. The molecule has 0 bridgehead atoms. The number of hydrogen-bond acceptors (Lipinski definition) is 3. The molecule has 116 valence electrons. The van der Waals surface area contributed by atoms with Crippen LogP contribution in [0.3, 0.4) is 0 Å². The van der Waals surface area contributed by atoms with E-state index < -0.39 is 23.3 Å². The molecule has 0 aromatic heterocycles. The van der Waals surface area contributed by atoms with Crippen LogP contribution in [-0.4, -0.2) is 42.2 Å². The number of carboxylic acids is 1. The van der Waals surface area contributed by atoms with Gasteiger partial charge in [0.15, 0.2) is 0 Å². The van der Waals surface area contributed by atoms with E-state index in [0.29, 0.717) is 0 Å². The summed E-state index contributed by atoms with van der Waals surface area (Å²) in [5, 5.41) is 8.82. The Labute approximate surface area is 120 Å². The lowest BCUT2D eigenvalue weighted by atomic mass is 10.1. The predicted molar refractivity (Wildman–Crippen MR) is 69.6 cm³/mol. The minimum Gasteiger partial charge on any atom is -0.490 e. The first-order chi connectivity index (χ1) is 9.77. The maximum Gasteiger partial charge on any atom is 0.417 e. The molecule has 0 amide bonds. The minimum absolute atomic E-state index is 0.0573. The summed E-state index contributed by atoms with van der Waals surface area (Å²) in [4.78, 5) is 13.0. The number of likely N-dealkylation sites (tertiary alicyclic amines) is 1. The lowest BCUT2D eigenvalue weighted by molar-refractivity contribution is -0.138. The topological polar surface area (TPSA) is 49.8 Å². The molecule has 0 atom stereocenters. The van der Waals surface area contributed by atoms with E-state index in [9.17, 15) is 18.0 Å². The molecule has 0 spiro atoms. The monoisotopic (exact) mass is 303 g/mol. The summed E-state index contributed by atoms with van der Waals surface area (Å²) in [5.41, 5.74) is -1.95. The first-order valence-corrected chi connectivity index (χ1v) is 6.57. The number of hydrogen-bond donors (Lipinski definition) is 1. The van der Waals surface area contributed by atoms with Crippen LogP contribution >= 0.6 is 0 Å². The standard InChI is InChI=1S/C14H16F3NO3/c1-18-6-4-9(5-7-18)21-10-2-3-11(13(19)20)12(8-10)14(15,16)17/h2-3,8-9H,4-7H2,1H3,(H,19,20). The van der Waals surface area contributed by atoms with Gasteiger partial charge >= 0.3 is 12.1 Å². The zero-order valence-corrected chi connectivity index (χ0v) is 11.5. The molecule has 1 aromatic carbocycles. The lowest BCUT2D eigenvalue weighted by Crippen LogP contribution is -2.35. The maximum absolute atomic E-state index is 12.9. The van der Waals surface area contributed by atoms with Crippen LogP contribution in [-0.2, 0) is 6.18 Å². The Hall–Kier alpha value is -1.76. The van der Waals surface area contributed by atoms with Crippen molar-refractivity contribution >= 4 is 5.97 Å². The summed E-state index contributed by atoms with van der Waals surface area (Å²) >= 11 is 0. The average molecular weight is 303 g/mol. The van der Waals surface area contributed by atoms with Gasteiger partial charge in [0.05, 0.1) is 11.1 Å². The van der Waals surface area contributed by atoms with E-state index in [2.05, 4.69) is 4.90 Å². The SMILES string of the molecule is CN1CCC(Oc2ccc(C(=O)O)c(C(F)(F)F)c2)CC1. The third-order valence-corrected chi connectivity index (χ3v) is 3.50. The Balaban J connectivity index is 2.20. The zero-order valence-electron chi connectivity index (χ0n) is 11.5. The third kappa shape index (κ3) is 3.87. The van der Waals surface area contributed by atoms with E-state index in [1.807, 2.05) is 7.05 Å². The van der Waals surface area contributed by atoms with Gasteiger partial charge in [-0.15, -0.1) is 0 Å². The molecule has 1 N–H and O–H groups in total. The quantitative estimate of drug-likeness (QED) is 0.933. The molecule has 1 aliphatic rings. The van der Waals surface area contributed by atoms with Gasteiger partial charge in [-0.1, -0.05) is 0 Å². The number of piperidine rings is 1. The molecule has 4 nitrogen and oxygen atoms in total.